The van der Waals surface area contributed by atoms with Gasteiger partial charge in [-0.2, -0.15) is 0 Å². The molecule has 5 nitrogen and oxygen atoms in total. The molecule has 1 aromatic heterocycles. The Morgan fingerprint density at radius 1 is 1.18 bits per heavy atom. The van der Waals surface area contributed by atoms with Crippen molar-refractivity contribution in [1.82, 2.24) is 9.99 Å². The van der Waals surface area contributed by atoms with E-state index in [0.29, 0.717) is 0 Å². The molecule has 3 rings (SSSR count). The van der Waals surface area contributed by atoms with Crippen LogP contribution in [-0.4, -0.2) is 37.7 Å². The summed E-state index contributed by atoms with van der Waals surface area (Å²) in [6.45, 7) is 1.85. The lowest BCUT2D eigenvalue weighted by atomic mass is 9.99. The Labute approximate surface area is 131 Å². The van der Waals surface area contributed by atoms with Gasteiger partial charge in [0.25, 0.3) is 0 Å². The minimum Gasteiger partial charge on any atom is -0.495 e. The van der Waals surface area contributed by atoms with Gasteiger partial charge >= 0.3 is 0 Å². The van der Waals surface area contributed by atoms with Crippen LogP contribution in [0.25, 0.3) is 0 Å². The molecule has 1 aliphatic heterocycles. The molecule has 0 unspecified atom stereocenters. The van der Waals surface area contributed by atoms with Crippen LogP contribution < -0.4 is 15.1 Å². The number of pyridine rings is 1. The molecular formula is C17H22N4O. The highest BCUT2D eigenvalue weighted by Gasteiger charge is 2.19. The van der Waals surface area contributed by atoms with Crippen molar-refractivity contribution in [3.05, 3.63) is 47.8 Å². The SMILES string of the molecule is COc1cc2c(cc1N(C)C)CN(Nc1ccncc1)CC2. The third-order valence-corrected chi connectivity index (χ3v) is 3.96. The maximum Gasteiger partial charge on any atom is 0.142 e. The summed E-state index contributed by atoms with van der Waals surface area (Å²) in [4.78, 5) is 6.14. The van der Waals surface area contributed by atoms with Crippen molar-refractivity contribution < 1.29 is 4.74 Å². The molecule has 0 radical (unpaired) electrons. The number of nitrogens with one attached hydrogen (secondary N) is 1. The number of ether oxygens (including phenoxy) is 1. The predicted molar refractivity (Wildman–Crippen MR) is 89.3 cm³/mol. The summed E-state index contributed by atoms with van der Waals surface area (Å²) in [7, 11) is 5.81. The average Bonchev–Trinajstić information content (AvgIpc) is 2.54. The van der Waals surface area contributed by atoms with Crippen LogP contribution in [0.3, 0.4) is 0 Å². The number of fused-ring (bicyclic) bond motifs is 1. The minimum atomic E-state index is 0.877. The highest BCUT2D eigenvalue weighted by Crippen LogP contribution is 2.33. The van der Waals surface area contributed by atoms with Gasteiger partial charge in [0.15, 0.2) is 0 Å². The number of benzene rings is 1. The maximum atomic E-state index is 5.52. The molecule has 2 aromatic rings. The molecule has 0 spiro atoms. The average molecular weight is 298 g/mol. The van der Waals surface area contributed by atoms with Crippen LogP contribution in [0.2, 0.25) is 0 Å². The van der Waals surface area contributed by atoms with Crippen molar-refractivity contribution >= 4 is 11.4 Å². The van der Waals surface area contributed by atoms with E-state index in [-0.39, 0.29) is 0 Å². The van der Waals surface area contributed by atoms with Crippen LogP contribution in [0.1, 0.15) is 11.1 Å². The van der Waals surface area contributed by atoms with Gasteiger partial charge in [-0.3, -0.25) is 4.98 Å². The number of rotatable bonds is 4. The predicted octanol–water partition coefficient (Wildman–Crippen LogP) is 2.54. The molecule has 2 heterocycles. The Morgan fingerprint density at radius 3 is 2.64 bits per heavy atom. The Bertz CT molecular complexity index is 643. The number of nitrogens with zero attached hydrogens (tertiary/aromatic N) is 3. The second-order valence-corrected chi connectivity index (χ2v) is 5.71. The molecule has 1 N–H and O–H groups in total. The molecule has 0 saturated heterocycles. The van der Waals surface area contributed by atoms with Crippen LogP contribution in [0.15, 0.2) is 36.7 Å². The highest BCUT2D eigenvalue weighted by molar-refractivity contribution is 5.61. The maximum absolute atomic E-state index is 5.52. The molecule has 0 atom stereocenters. The van der Waals surface area contributed by atoms with Gasteiger partial charge in [0, 0.05) is 39.6 Å². The van der Waals surface area contributed by atoms with E-state index < -0.39 is 0 Å². The third kappa shape index (κ3) is 2.99. The van der Waals surface area contributed by atoms with Gasteiger partial charge < -0.3 is 15.1 Å². The lowest BCUT2D eigenvalue weighted by Crippen LogP contribution is -2.35. The van der Waals surface area contributed by atoms with Crippen LogP contribution in [0.4, 0.5) is 11.4 Å². The molecule has 0 saturated carbocycles. The first-order valence-electron chi connectivity index (χ1n) is 7.46. The summed E-state index contributed by atoms with van der Waals surface area (Å²) >= 11 is 0. The van der Waals surface area contributed by atoms with Gasteiger partial charge in [-0.1, -0.05) is 0 Å². The zero-order valence-corrected chi connectivity index (χ0v) is 13.3. The first-order chi connectivity index (χ1) is 10.7. The Balaban J connectivity index is 1.81. The van der Waals surface area contributed by atoms with E-state index in [9.17, 15) is 0 Å². The van der Waals surface area contributed by atoms with Crippen molar-refractivity contribution in [3.63, 3.8) is 0 Å². The molecular weight excluding hydrogens is 276 g/mol. The van der Waals surface area contributed by atoms with E-state index in [0.717, 1.165) is 36.6 Å². The fraction of sp³-hybridized carbons (Fsp3) is 0.353. The van der Waals surface area contributed by atoms with Crippen LogP contribution in [-0.2, 0) is 13.0 Å². The molecule has 0 aliphatic carbocycles. The highest BCUT2D eigenvalue weighted by atomic mass is 16.5. The molecule has 116 valence electrons. The zero-order valence-electron chi connectivity index (χ0n) is 13.3. The number of hydrogen-bond donors (Lipinski definition) is 1. The van der Waals surface area contributed by atoms with Crippen molar-refractivity contribution in [2.45, 2.75) is 13.0 Å². The van der Waals surface area contributed by atoms with Gasteiger partial charge in [0.2, 0.25) is 0 Å². The van der Waals surface area contributed by atoms with Gasteiger partial charge in [-0.05, 0) is 41.8 Å². The van der Waals surface area contributed by atoms with Gasteiger partial charge in [0.1, 0.15) is 5.75 Å². The van der Waals surface area contributed by atoms with E-state index in [1.165, 1.54) is 11.1 Å². The lowest BCUT2D eigenvalue weighted by molar-refractivity contribution is 0.307. The van der Waals surface area contributed by atoms with Crippen LogP contribution in [0.5, 0.6) is 5.75 Å². The summed E-state index contributed by atoms with van der Waals surface area (Å²) in [6.07, 6.45) is 4.61. The van der Waals surface area contributed by atoms with Gasteiger partial charge in [-0.15, -0.1) is 0 Å². The molecule has 1 aromatic carbocycles. The Kier molecular flexibility index (Phi) is 4.15. The fourth-order valence-electron chi connectivity index (χ4n) is 2.79. The molecule has 0 fully saturated rings. The topological polar surface area (TPSA) is 40.6 Å². The van der Waals surface area contributed by atoms with E-state index in [1.807, 2.05) is 26.2 Å². The molecule has 22 heavy (non-hydrogen) atoms. The largest absolute Gasteiger partial charge is 0.495 e. The van der Waals surface area contributed by atoms with E-state index >= 15 is 0 Å². The smallest absolute Gasteiger partial charge is 0.142 e. The second kappa shape index (κ2) is 6.23. The summed E-state index contributed by atoms with van der Waals surface area (Å²) in [5.41, 5.74) is 8.35. The molecule has 0 bridgehead atoms. The monoisotopic (exact) mass is 298 g/mol. The van der Waals surface area contributed by atoms with Crippen LogP contribution in [0, 0.1) is 0 Å². The quantitative estimate of drug-likeness (QED) is 0.939. The van der Waals surface area contributed by atoms with Gasteiger partial charge in [-0.25, -0.2) is 5.01 Å². The summed E-state index contributed by atoms with van der Waals surface area (Å²) in [5, 5.41) is 2.24. The van der Waals surface area contributed by atoms with E-state index in [1.54, 1.807) is 19.5 Å². The van der Waals surface area contributed by atoms with Crippen molar-refractivity contribution in [1.29, 1.82) is 0 Å². The number of hydrogen-bond acceptors (Lipinski definition) is 5. The van der Waals surface area contributed by atoms with Crippen molar-refractivity contribution in [2.75, 3.05) is 38.1 Å². The fourth-order valence-corrected chi connectivity index (χ4v) is 2.79. The number of methoxy groups -OCH3 is 1. The number of hydrazine groups is 1. The summed E-state index contributed by atoms with van der Waals surface area (Å²) < 4.78 is 5.52. The molecule has 0 amide bonds. The molecule has 5 heteroatoms. The lowest BCUT2D eigenvalue weighted by Gasteiger charge is -2.31. The van der Waals surface area contributed by atoms with Crippen molar-refractivity contribution in [3.8, 4) is 5.75 Å². The normalized spacial score (nSPS) is 14.3. The minimum absolute atomic E-state index is 0.877. The first kappa shape index (κ1) is 14.7. The molecule has 1 aliphatic rings. The summed E-state index contributed by atoms with van der Waals surface area (Å²) in [6, 6.07) is 8.37. The van der Waals surface area contributed by atoms with E-state index in [2.05, 4.69) is 32.5 Å². The second-order valence-electron chi connectivity index (χ2n) is 5.71. The third-order valence-electron chi connectivity index (χ3n) is 3.96. The summed E-state index contributed by atoms with van der Waals surface area (Å²) in [5.74, 6) is 0.944. The number of aromatic nitrogens is 1. The Morgan fingerprint density at radius 2 is 1.95 bits per heavy atom. The van der Waals surface area contributed by atoms with Gasteiger partial charge in [0.05, 0.1) is 18.5 Å². The zero-order chi connectivity index (χ0) is 15.5. The van der Waals surface area contributed by atoms with Crippen LogP contribution >= 0.6 is 0 Å². The van der Waals surface area contributed by atoms with Crippen molar-refractivity contribution in [2.24, 2.45) is 0 Å². The standard InChI is InChI=1S/C17H22N4O/c1-20(2)16-10-14-12-21(19-15-4-7-18-8-5-15)9-6-13(14)11-17(16)22-3/h4-5,7-8,10-11H,6,9,12H2,1-3H3,(H,18,19). The Hall–Kier alpha value is -2.27. The first-order valence-corrected chi connectivity index (χ1v) is 7.46. The van der Waals surface area contributed by atoms with E-state index in [4.69, 9.17) is 4.74 Å². The number of anilines is 2.